The van der Waals surface area contributed by atoms with Crippen LogP contribution in [-0.4, -0.2) is 41.9 Å². The summed E-state index contributed by atoms with van der Waals surface area (Å²) in [6.07, 6.45) is 3.37. The first kappa shape index (κ1) is 15.2. The van der Waals surface area contributed by atoms with Crippen molar-refractivity contribution in [2.75, 3.05) is 13.1 Å². The molecule has 116 valence electrons. The van der Waals surface area contributed by atoms with E-state index in [2.05, 4.69) is 9.97 Å². The number of hydrogen-bond acceptors (Lipinski definition) is 5. The molecule has 2 heterocycles. The van der Waals surface area contributed by atoms with Crippen LogP contribution in [0, 0.1) is 0 Å². The first-order valence-corrected chi connectivity index (χ1v) is 8.56. The zero-order valence-corrected chi connectivity index (χ0v) is 13.2. The second-order valence-electron chi connectivity index (χ2n) is 4.90. The Morgan fingerprint density at radius 2 is 2.18 bits per heavy atom. The van der Waals surface area contributed by atoms with Crippen molar-refractivity contribution in [3.8, 4) is 5.88 Å². The maximum Gasteiger partial charge on any atom is 0.243 e. The van der Waals surface area contributed by atoms with Gasteiger partial charge in [-0.3, -0.25) is 0 Å². The van der Waals surface area contributed by atoms with Gasteiger partial charge in [-0.1, -0.05) is 17.7 Å². The van der Waals surface area contributed by atoms with Crippen molar-refractivity contribution in [3.05, 3.63) is 47.9 Å². The van der Waals surface area contributed by atoms with E-state index in [0.29, 0.717) is 30.4 Å². The number of ether oxygens (including phenoxy) is 1. The lowest BCUT2D eigenvalue weighted by Gasteiger charge is -2.17. The molecule has 0 N–H and O–H groups in total. The molecule has 0 amide bonds. The lowest BCUT2D eigenvalue weighted by molar-refractivity contribution is 0.206. The number of aromatic nitrogens is 2. The maximum absolute atomic E-state index is 12.6. The molecule has 22 heavy (non-hydrogen) atoms. The molecule has 1 fully saturated rings. The van der Waals surface area contributed by atoms with Crippen molar-refractivity contribution >= 4 is 21.6 Å². The number of hydrogen-bond donors (Lipinski definition) is 0. The molecule has 1 aliphatic heterocycles. The van der Waals surface area contributed by atoms with Gasteiger partial charge in [-0.25, -0.2) is 18.4 Å². The third kappa shape index (κ3) is 3.21. The van der Waals surface area contributed by atoms with E-state index in [0.717, 1.165) is 0 Å². The predicted molar refractivity (Wildman–Crippen MR) is 81.3 cm³/mol. The largest absolute Gasteiger partial charge is 0.473 e. The minimum Gasteiger partial charge on any atom is -0.473 e. The monoisotopic (exact) mass is 339 g/mol. The van der Waals surface area contributed by atoms with Crippen molar-refractivity contribution in [1.29, 1.82) is 0 Å². The van der Waals surface area contributed by atoms with E-state index in [1.165, 1.54) is 16.7 Å². The molecule has 1 atom stereocenters. The first-order valence-electron chi connectivity index (χ1n) is 6.74. The lowest BCUT2D eigenvalue weighted by atomic mass is 10.3. The van der Waals surface area contributed by atoms with Gasteiger partial charge in [0.15, 0.2) is 0 Å². The quantitative estimate of drug-likeness (QED) is 0.851. The van der Waals surface area contributed by atoms with Crippen molar-refractivity contribution in [1.82, 2.24) is 14.3 Å². The van der Waals surface area contributed by atoms with Crippen LogP contribution in [0.25, 0.3) is 0 Å². The fourth-order valence-electron chi connectivity index (χ4n) is 2.31. The van der Waals surface area contributed by atoms with Gasteiger partial charge in [0.05, 0.1) is 11.4 Å². The highest BCUT2D eigenvalue weighted by molar-refractivity contribution is 7.89. The zero-order chi connectivity index (χ0) is 15.6. The third-order valence-electron chi connectivity index (χ3n) is 3.38. The van der Waals surface area contributed by atoms with Crippen molar-refractivity contribution in [2.45, 2.75) is 17.4 Å². The Morgan fingerprint density at radius 1 is 1.32 bits per heavy atom. The standard InChI is InChI=1S/C14H14ClN3O3S/c15-11-2-1-3-13(8-11)22(19,20)18-7-5-12(9-18)21-14-4-6-16-10-17-14/h1-4,6,8,10,12H,5,7,9H2/t12-/m1/s1. The van der Waals surface area contributed by atoms with E-state index >= 15 is 0 Å². The second-order valence-corrected chi connectivity index (χ2v) is 7.27. The Morgan fingerprint density at radius 3 is 2.91 bits per heavy atom. The highest BCUT2D eigenvalue weighted by Gasteiger charge is 2.33. The van der Waals surface area contributed by atoms with E-state index in [1.807, 2.05) is 0 Å². The summed E-state index contributed by atoms with van der Waals surface area (Å²) >= 11 is 5.87. The summed E-state index contributed by atoms with van der Waals surface area (Å²) in [5.41, 5.74) is 0. The second kappa shape index (κ2) is 6.20. The van der Waals surface area contributed by atoms with Gasteiger partial charge in [-0.2, -0.15) is 4.31 Å². The van der Waals surface area contributed by atoms with Crippen LogP contribution in [0.1, 0.15) is 6.42 Å². The Balaban J connectivity index is 1.72. The topological polar surface area (TPSA) is 72.4 Å². The van der Waals surface area contributed by atoms with Gasteiger partial charge >= 0.3 is 0 Å². The molecule has 0 spiro atoms. The number of rotatable bonds is 4. The van der Waals surface area contributed by atoms with Crippen LogP contribution >= 0.6 is 11.6 Å². The molecular formula is C14H14ClN3O3S. The van der Waals surface area contributed by atoms with E-state index in [-0.39, 0.29) is 11.0 Å². The predicted octanol–water partition coefficient (Wildman–Crippen LogP) is 1.97. The van der Waals surface area contributed by atoms with Crippen LogP contribution in [0.3, 0.4) is 0 Å². The SMILES string of the molecule is O=S(=O)(c1cccc(Cl)c1)N1CC[C@@H](Oc2ccncn2)C1. The summed E-state index contributed by atoms with van der Waals surface area (Å²) in [5.74, 6) is 0.446. The average Bonchev–Trinajstić information content (AvgIpc) is 2.97. The Hall–Kier alpha value is -1.70. The summed E-state index contributed by atoms with van der Waals surface area (Å²) < 4.78 is 32.2. The summed E-state index contributed by atoms with van der Waals surface area (Å²) in [6.45, 7) is 0.698. The molecule has 0 unspecified atom stereocenters. The van der Waals surface area contributed by atoms with Gasteiger partial charge < -0.3 is 4.74 Å². The van der Waals surface area contributed by atoms with Gasteiger partial charge in [-0.05, 0) is 24.6 Å². The Bertz CT molecular complexity index is 755. The molecular weight excluding hydrogens is 326 g/mol. The summed E-state index contributed by atoms with van der Waals surface area (Å²) in [4.78, 5) is 7.99. The van der Waals surface area contributed by atoms with Crippen molar-refractivity contribution < 1.29 is 13.2 Å². The van der Waals surface area contributed by atoms with Crippen LogP contribution in [0.5, 0.6) is 5.88 Å². The number of halogens is 1. The van der Waals surface area contributed by atoms with E-state index in [4.69, 9.17) is 16.3 Å². The highest BCUT2D eigenvalue weighted by Crippen LogP contribution is 2.24. The fourth-order valence-corrected chi connectivity index (χ4v) is 4.10. The van der Waals surface area contributed by atoms with Gasteiger partial charge in [0.2, 0.25) is 15.9 Å². The Labute approximate surface area is 133 Å². The van der Waals surface area contributed by atoms with Crippen LogP contribution in [-0.2, 0) is 10.0 Å². The molecule has 3 rings (SSSR count). The van der Waals surface area contributed by atoms with Gasteiger partial charge in [0.1, 0.15) is 12.4 Å². The molecule has 0 aliphatic carbocycles. The van der Waals surface area contributed by atoms with Crippen LogP contribution < -0.4 is 4.74 Å². The Kier molecular flexibility index (Phi) is 4.28. The van der Waals surface area contributed by atoms with Crippen molar-refractivity contribution in [2.24, 2.45) is 0 Å². The molecule has 8 heteroatoms. The molecule has 2 aromatic rings. The molecule has 0 bridgehead atoms. The van der Waals surface area contributed by atoms with Crippen molar-refractivity contribution in [3.63, 3.8) is 0 Å². The normalized spacial score (nSPS) is 19.2. The molecule has 6 nitrogen and oxygen atoms in total. The van der Waals surface area contributed by atoms with E-state index in [9.17, 15) is 8.42 Å². The van der Waals surface area contributed by atoms with Gasteiger partial charge in [0, 0.05) is 23.8 Å². The average molecular weight is 340 g/mol. The highest BCUT2D eigenvalue weighted by atomic mass is 35.5. The van der Waals surface area contributed by atoms with Crippen LogP contribution in [0.2, 0.25) is 5.02 Å². The van der Waals surface area contributed by atoms with Crippen LogP contribution in [0.4, 0.5) is 0 Å². The summed E-state index contributed by atoms with van der Waals surface area (Å²) in [5, 5.41) is 0.397. The van der Waals surface area contributed by atoms with E-state index in [1.54, 1.807) is 30.5 Å². The first-order chi connectivity index (χ1) is 10.6. The van der Waals surface area contributed by atoms with Gasteiger partial charge in [0.25, 0.3) is 0 Å². The maximum atomic E-state index is 12.6. The minimum absolute atomic E-state index is 0.197. The number of sulfonamides is 1. The third-order valence-corrected chi connectivity index (χ3v) is 5.48. The molecule has 0 radical (unpaired) electrons. The summed E-state index contributed by atoms with van der Waals surface area (Å²) in [7, 11) is -3.55. The molecule has 1 saturated heterocycles. The van der Waals surface area contributed by atoms with Crippen LogP contribution in [0.15, 0.2) is 47.8 Å². The fraction of sp³-hybridized carbons (Fsp3) is 0.286. The van der Waals surface area contributed by atoms with E-state index < -0.39 is 10.0 Å². The minimum atomic E-state index is -3.55. The number of benzene rings is 1. The lowest BCUT2D eigenvalue weighted by Crippen LogP contribution is -2.31. The molecule has 0 saturated carbocycles. The molecule has 1 aliphatic rings. The molecule has 1 aromatic carbocycles. The summed E-state index contributed by atoms with van der Waals surface area (Å²) in [6, 6.07) is 7.91. The smallest absolute Gasteiger partial charge is 0.243 e. The number of nitrogens with zero attached hydrogens (tertiary/aromatic N) is 3. The van der Waals surface area contributed by atoms with Gasteiger partial charge in [-0.15, -0.1) is 0 Å². The molecule has 1 aromatic heterocycles. The zero-order valence-electron chi connectivity index (χ0n) is 11.6.